The molecule has 7 heteroatoms. The molecule has 130 valence electrons. The summed E-state index contributed by atoms with van der Waals surface area (Å²) in [6, 6.07) is 21.2. The highest BCUT2D eigenvalue weighted by atomic mass is 32.1. The molecule has 0 fully saturated rings. The van der Waals surface area contributed by atoms with Crippen LogP contribution in [0.4, 0.5) is 22.2 Å². The predicted octanol–water partition coefficient (Wildman–Crippen LogP) is 5.41. The molecule has 0 atom stereocenters. The number of nitrogens with zero attached hydrogens (tertiary/aromatic N) is 4. The average Bonchev–Trinajstić information content (AvgIpc) is 3.06. The fourth-order valence-electron chi connectivity index (χ4n) is 2.82. The van der Waals surface area contributed by atoms with Gasteiger partial charge in [0.2, 0.25) is 0 Å². The molecule has 0 amide bonds. The van der Waals surface area contributed by atoms with E-state index in [2.05, 4.69) is 15.2 Å². The SMILES string of the molecule is N#Cc1c(N)nc2sc(N=Nc3ccccc3)c(-c3ccccc3)c2c1N. The largest absolute Gasteiger partial charge is 0.397 e. The van der Waals surface area contributed by atoms with Crippen molar-refractivity contribution < 1.29 is 0 Å². The molecule has 0 spiro atoms. The van der Waals surface area contributed by atoms with Crippen LogP contribution < -0.4 is 11.5 Å². The first-order valence-electron chi connectivity index (χ1n) is 8.12. The maximum Gasteiger partial charge on any atom is 0.149 e. The van der Waals surface area contributed by atoms with Gasteiger partial charge in [0.25, 0.3) is 0 Å². The second kappa shape index (κ2) is 6.86. The predicted molar refractivity (Wildman–Crippen MR) is 109 cm³/mol. The number of nitrogen functional groups attached to an aromatic ring is 2. The molecule has 0 unspecified atom stereocenters. The summed E-state index contributed by atoms with van der Waals surface area (Å²) in [5, 5.41) is 19.5. The lowest BCUT2D eigenvalue weighted by Crippen LogP contribution is -2.00. The third-order valence-electron chi connectivity index (χ3n) is 4.07. The maximum absolute atomic E-state index is 9.39. The molecule has 4 N–H and O–H groups in total. The highest BCUT2D eigenvalue weighted by Crippen LogP contribution is 2.47. The van der Waals surface area contributed by atoms with Crippen LogP contribution in [-0.2, 0) is 0 Å². The molecule has 27 heavy (non-hydrogen) atoms. The molecule has 0 aliphatic carbocycles. The van der Waals surface area contributed by atoms with Crippen molar-refractivity contribution in [3.05, 3.63) is 66.2 Å². The van der Waals surface area contributed by atoms with Gasteiger partial charge in [-0.2, -0.15) is 5.26 Å². The number of fused-ring (bicyclic) bond motifs is 1. The van der Waals surface area contributed by atoms with Crippen molar-refractivity contribution in [1.82, 2.24) is 4.98 Å². The average molecular weight is 370 g/mol. The number of pyridine rings is 1. The van der Waals surface area contributed by atoms with Gasteiger partial charge < -0.3 is 11.5 Å². The van der Waals surface area contributed by atoms with Crippen molar-refractivity contribution in [1.29, 1.82) is 5.26 Å². The normalized spacial score (nSPS) is 11.1. The lowest BCUT2D eigenvalue weighted by atomic mass is 10.0. The quantitative estimate of drug-likeness (QED) is 0.469. The summed E-state index contributed by atoms with van der Waals surface area (Å²) >= 11 is 1.34. The molecular formula is C20H14N6S. The smallest absolute Gasteiger partial charge is 0.149 e. The van der Waals surface area contributed by atoms with Gasteiger partial charge >= 0.3 is 0 Å². The first kappa shape index (κ1) is 16.7. The van der Waals surface area contributed by atoms with Crippen molar-refractivity contribution in [2.24, 2.45) is 10.2 Å². The zero-order valence-electron chi connectivity index (χ0n) is 14.1. The molecular weight excluding hydrogens is 356 g/mol. The van der Waals surface area contributed by atoms with Crippen molar-refractivity contribution in [2.75, 3.05) is 11.5 Å². The monoisotopic (exact) mass is 370 g/mol. The summed E-state index contributed by atoms with van der Waals surface area (Å²) in [5.41, 5.74) is 15.2. The van der Waals surface area contributed by atoms with Crippen molar-refractivity contribution in [2.45, 2.75) is 0 Å². The van der Waals surface area contributed by atoms with Crippen molar-refractivity contribution in [3.8, 4) is 17.2 Å². The van der Waals surface area contributed by atoms with Gasteiger partial charge in [0.05, 0.1) is 11.4 Å². The van der Waals surface area contributed by atoms with E-state index in [0.717, 1.165) is 16.8 Å². The topological polar surface area (TPSA) is 113 Å². The van der Waals surface area contributed by atoms with E-state index in [-0.39, 0.29) is 11.4 Å². The highest BCUT2D eigenvalue weighted by Gasteiger charge is 2.21. The van der Waals surface area contributed by atoms with Crippen LogP contribution in [0.15, 0.2) is 70.9 Å². The van der Waals surface area contributed by atoms with E-state index < -0.39 is 0 Å². The van der Waals surface area contributed by atoms with Crippen LogP contribution in [0.3, 0.4) is 0 Å². The Labute approximate surface area is 159 Å². The van der Waals surface area contributed by atoms with Gasteiger partial charge in [0, 0.05) is 10.9 Å². The first-order chi connectivity index (χ1) is 13.2. The lowest BCUT2D eigenvalue weighted by molar-refractivity contribution is 1.26. The number of aromatic nitrogens is 1. The van der Waals surface area contributed by atoms with Crippen LogP contribution in [0.25, 0.3) is 21.3 Å². The van der Waals surface area contributed by atoms with Crippen LogP contribution in [0.5, 0.6) is 0 Å². The van der Waals surface area contributed by atoms with Gasteiger partial charge in [-0.05, 0) is 17.7 Å². The number of nitrogens with two attached hydrogens (primary N) is 2. The Morgan fingerprint density at radius 2 is 1.59 bits per heavy atom. The third-order valence-corrected chi connectivity index (χ3v) is 5.04. The van der Waals surface area contributed by atoms with E-state index in [1.54, 1.807) is 0 Å². The second-order valence-corrected chi connectivity index (χ2v) is 6.74. The minimum absolute atomic E-state index is 0.120. The molecule has 4 aromatic rings. The minimum Gasteiger partial charge on any atom is -0.397 e. The molecule has 0 bridgehead atoms. The van der Waals surface area contributed by atoms with Crippen LogP contribution in [-0.4, -0.2) is 4.98 Å². The Kier molecular flexibility index (Phi) is 4.24. The van der Waals surface area contributed by atoms with Crippen LogP contribution >= 0.6 is 11.3 Å². The second-order valence-electron chi connectivity index (χ2n) is 5.76. The van der Waals surface area contributed by atoms with Crippen LogP contribution in [0.2, 0.25) is 0 Å². The molecule has 0 radical (unpaired) electrons. The molecule has 0 aliphatic heterocycles. The fraction of sp³-hybridized carbons (Fsp3) is 0. The van der Waals surface area contributed by atoms with E-state index in [9.17, 15) is 5.26 Å². The molecule has 2 aromatic heterocycles. The molecule has 2 aromatic carbocycles. The van der Waals surface area contributed by atoms with E-state index in [1.165, 1.54) is 11.3 Å². The number of anilines is 2. The fourth-order valence-corrected chi connectivity index (χ4v) is 3.87. The number of thiophene rings is 1. The van der Waals surface area contributed by atoms with E-state index in [4.69, 9.17) is 11.5 Å². The molecule has 0 saturated carbocycles. The summed E-state index contributed by atoms with van der Waals surface area (Å²) in [7, 11) is 0. The zero-order valence-corrected chi connectivity index (χ0v) is 14.9. The van der Waals surface area contributed by atoms with Gasteiger partial charge in [-0.1, -0.05) is 59.9 Å². The molecule has 0 aliphatic rings. The minimum atomic E-state index is 0.120. The Hall–Kier alpha value is -3.76. The molecule has 4 rings (SSSR count). The molecule has 6 nitrogen and oxygen atoms in total. The number of rotatable bonds is 3. The van der Waals surface area contributed by atoms with Crippen LogP contribution in [0.1, 0.15) is 5.56 Å². The third kappa shape index (κ3) is 2.99. The summed E-state index contributed by atoms with van der Waals surface area (Å²) in [6.07, 6.45) is 0. The number of hydrogen-bond donors (Lipinski definition) is 2. The lowest BCUT2D eigenvalue weighted by Gasteiger charge is -2.06. The van der Waals surface area contributed by atoms with E-state index in [0.29, 0.717) is 20.9 Å². The maximum atomic E-state index is 9.39. The highest BCUT2D eigenvalue weighted by molar-refractivity contribution is 7.23. The molecule has 0 saturated heterocycles. The van der Waals surface area contributed by atoms with Gasteiger partial charge in [0.1, 0.15) is 27.3 Å². The van der Waals surface area contributed by atoms with Crippen LogP contribution in [0, 0.1) is 11.3 Å². The Bertz CT molecular complexity index is 1190. The van der Waals surface area contributed by atoms with Gasteiger partial charge in [0.15, 0.2) is 0 Å². The number of benzene rings is 2. The summed E-state index contributed by atoms with van der Waals surface area (Å²) < 4.78 is 0. The van der Waals surface area contributed by atoms with E-state index in [1.807, 2.05) is 66.7 Å². The summed E-state index contributed by atoms with van der Waals surface area (Å²) in [5.74, 6) is 0.120. The molecule has 2 heterocycles. The van der Waals surface area contributed by atoms with Gasteiger partial charge in [-0.15, -0.1) is 10.2 Å². The van der Waals surface area contributed by atoms with E-state index >= 15 is 0 Å². The Balaban J connectivity index is 2.00. The summed E-state index contributed by atoms with van der Waals surface area (Å²) in [6.45, 7) is 0. The number of hydrogen-bond acceptors (Lipinski definition) is 7. The first-order valence-corrected chi connectivity index (χ1v) is 8.94. The van der Waals surface area contributed by atoms with Gasteiger partial charge in [-0.3, -0.25) is 0 Å². The Morgan fingerprint density at radius 3 is 2.26 bits per heavy atom. The zero-order chi connectivity index (χ0) is 18.8. The van der Waals surface area contributed by atoms with Crippen molar-refractivity contribution in [3.63, 3.8) is 0 Å². The Morgan fingerprint density at radius 1 is 0.926 bits per heavy atom. The number of nitriles is 1. The van der Waals surface area contributed by atoms with Gasteiger partial charge in [-0.25, -0.2) is 4.98 Å². The summed E-state index contributed by atoms with van der Waals surface area (Å²) in [4.78, 5) is 4.99. The number of azo groups is 1. The standard InChI is InChI=1S/C20H14N6S/c21-11-14-17(22)16-15(12-7-3-1-4-8-12)20(27-19(16)24-18(14)23)26-25-13-9-5-2-6-10-13/h1-10H,(H4,22,23,24). The van der Waals surface area contributed by atoms with Crippen molar-refractivity contribution >= 4 is 43.7 Å².